The summed E-state index contributed by atoms with van der Waals surface area (Å²) in [7, 11) is 0. The molecule has 2 fully saturated rings. The van der Waals surface area contributed by atoms with Crippen molar-refractivity contribution in [3.8, 4) is 0 Å². The van der Waals surface area contributed by atoms with Crippen LogP contribution in [0.3, 0.4) is 0 Å². The van der Waals surface area contributed by atoms with Crippen molar-refractivity contribution in [1.29, 1.82) is 0 Å². The van der Waals surface area contributed by atoms with Crippen LogP contribution in [-0.2, 0) is 9.53 Å². The maximum absolute atomic E-state index is 12.1. The first kappa shape index (κ1) is 11.6. The fraction of sp³-hybridized carbons (Fsp3) is 0.769. The van der Waals surface area contributed by atoms with Crippen LogP contribution in [0.15, 0.2) is 11.6 Å². The molecular weight excluding hydrogens is 202 g/mol. The average molecular weight is 223 g/mol. The molecule has 0 unspecified atom stereocenters. The van der Waals surface area contributed by atoms with Crippen LogP contribution in [0, 0.1) is 5.92 Å². The molecule has 0 N–H and O–H groups in total. The number of rotatable bonds is 2. The summed E-state index contributed by atoms with van der Waals surface area (Å²) in [6.45, 7) is 7.51. The van der Waals surface area contributed by atoms with Gasteiger partial charge in [0, 0.05) is 12.6 Å². The predicted molar refractivity (Wildman–Crippen MR) is 63.1 cm³/mol. The van der Waals surface area contributed by atoms with Crippen molar-refractivity contribution in [2.75, 3.05) is 13.2 Å². The molecule has 1 amide bonds. The standard InChI is InChI=1S/C13H21NO2/c1-9(12-4-5-12)6-13(15)14-7-11(3)16-8-10(14)2/h6,10-12H,4-5,7-8H2,1-3H3/b9-6-/t10-,11-/m0/s1. The van der Waals surface area contributed by atoms with Crippen LogP contribution in [0.1, 0.15) is 33.6 Å². The number of hydrogen-bond acceptors (Lipinski definition) is 2. The Morgan fingerprint density at radius 3 is 2.69 bits per heavy atom. The molecule has 0 aromatic carbocycles. The van der Waals surface area contributed by atoms with Crippen LogP contribution < -0.4 is 0 Å². The van der Waals surface area contributed by atoms with Gasteiger partial charge in [0.1, 0.15) is 0 Å². The molecule has 3 nitrogen and oxygen atoms in total. The Kier molecular flexibility index (Phi) is 3.33. The second-order valence-electron chi connectivity index (χ2n) is 5.15. The zero-order chi connectivity index (χ0) is 11.7. The summed E-state index contributed by atoms with van der Waals surface area (Å²) < 4.78 is 5.52. The van der Waals surface area contributed by atoms with Crippen molar-refractivity contribution in [1.82, 2.24) is 4.90 Å². The van der Waals surface area contributed by atoms with Gasteiger partial charge in [-0.25, -0.2) is 0 Å². The molecule has 0 aromatic rings. The van der Waals surface area contributed by atoms with Crippen LogP contribution in [-0.4, -0.2) is 36.1 Å². The Bertz CT molecular complexity index is 307. The molecule has 0 aromatic heterocycles. The van der Waals surface area contributed by atoms with Crippen LogP contribution in [0.25, 0.3) is 0 Å². The Morgan fingerprint density at radius 1 is 1.38 bits per heavy atom. The van der Waals surface area contributed by atoms with Crippen molar-refractivity contribution in [2.45, 2.75) is 45.8 Å². The Hall–Kier alpha value is -0.830. The summed E-state index contributed by atoms with van der Waals surface area (Å²) >= 11 is 0. The third-order valence-electron chi connectivity index (χ3n) is 3.46. The summed E-state index contributed by atoms with van der Waals surface area (Å²) in [6, 6.07) is 0.201. The fourth-order valence-electron chi connectivity index (χ4n) is 2.14. The first-order valence-corrected chi connectivity index (χ1v) is 6.18. The van der Waals surface area contributed by atoms with E-state index < -0.39 is 0 Å². The lowest BCUT2D eigenvalue weighted by Gasteiger charge is -2.36. The molecule has 1 saturated carbocycles. The summed E-state index contributed by atoms with van der Waals surface area (Å²) in [5.41, 5.74) is 1.25. The quantitative estimate of drug-likeness (QED) is 0.670. The molecule has 1 heterocycles. The van der Waals surface area contributed by atoms with Crippen LogP contribution >= 0.6 is 0 Å². The minimum Gasteiger partial charge on any atom is -0.375 e. The summed E-state index contributed by atoms with van der Waals surface area (Å²) in [6.07, 6.45) is 4.50. The van der Waals surface area contributed by atoms with Gasteiger partial charge >= 0.3 is 0 Å². The Balaban J connectivity index is 1.99. The van der Waals surface area contributed by atoms with Crippen molar-refractivity contribution in [2.24, 2.45) is 5.92 Å². The van der Waals surface area contributed by atoms with Crippen LogP contribution in [0.2, 0.25) is 0 Å². The van der Waals surface area contributed by atoms with E-state index in [1.165, 1.54) is 18.4 Å². The molecule has 1 aliphatic carbocycles. The SMILES string of the molecule is C/C(=C/C(=O)N1C[C@H](C)OC[C@@H]1C)C1CC1. The third kappa shape index (κ3) is 2.64. The van der Waals surface area contributed by atoms with E-state index in [0.29, 0.717) is 19.1 Å². The Morgan fingerprint density at radius 2 is 2.06 bits per heavy atom. The minimum atomic E-state index is 0.159. The summed E-state index contributed by atoms with van der Waals surface area (Å²) in [5, 5.41) is 0. The van der Waals surface area contributed by atoms with Gasteiger partial charge in [0.05, 0.1) is 18.8 Å². The van der Waals surface area contributed by atoms with Crippen molar-refractivity contribution >= 4 is 5.91 Å². The van der Waals surface area contributed by atoms with Crippen molar-refractivity contribution in [3.63, 3.8) is 0 Å². The molecule has 3 heteroatoms. The normalized spacial score (nSPS) is 31.7. The number of allylic oxidation sites excluding steroid dienone is 1. The third-order valence-corrected chi connectivity index (χ3v) is 3.46. The number of carbonyl (C=O) groups excluding carboxylic acids is 1. The van der Waals surface area contributed by atoms with Gasteiger partial charge in [-0.05, 0) is 39.5 Å². The predicted octanol–water partition coefficient (Wildman–Crippen LogP) is 1.98. The highest BCUT2D eigenvalue weighted by molar-refractivity contribution is 5.88. The highest BCUT2D eigenvalue weighted by Crippen LogP contribution is 2.36. The average Bonchev–Trinajstić information content (AvgIpc) is 3.04. The van der Waals surface area contributed by atoms with E-state index in [1.807, 2.05) is 24.8 Å². The molecule has 2 atom stereocenters. The van der Waals surface area contributed by atoms with Crippen LogP contribution in [0.4, 0.5) is 0 Å². The number of ether oxygens (including phenoxy) is 1. The minimum absolute atomic E-state index is 0.159. The topological polar surface area (TPSA) is 29.5 Å². The molecule has 0 bridgehead atoms. The van der Waals surface area contributed by atoms with Crippen LogP contribution in [0.5, 0.6) is 0 Å². The van der Waals surface area contributed by atoms with Gasteiger partial charge in [-0.1, -0.05) is 5.57 Å². The molecule has 90 valence electrons. The maximum atomic E-state index is 12.1. The molecule has 1 saturated heterocycles. The molecule has 0 radical (unpaired) electrons. The van der Waals surface area contributed by atoms with Gasteiger partial charge in [0.25, 0.3) is 0 Å². The van der Waals surface area contributed by atoms with E-state index in [2.05, 4.69) is 6.92 Å². The van der Waals surface area contributed by atoms with E-state index in [0.717, 1.165) is 0 Å². The number of nitrogens with zero attached hydrogens (tertiary/aromatic N) is 1. The lowest BCUT2D eigenvalue weighted by Crippen LogP contribution is -2.49. The summed E-state index contributed by atoms with van der Waals surface area (Å²) in [5.74, 6) is 0.838. The zero-order valence-corrected chi connectivity index (χ0v) is 10.4. The lowest BCUT2D eigenvalue weighted by molar-refractivity contribution is -0.137. The van der Waals surface area contributed by atoms with Gasteiger partial charge in [-0.2, -0.15) is 0 Å². The second-order valence-corrected chi connectivity index (χ2v) is 5.15. The summed E-state index contributed by atoms with van der Waals surface area (Å²) in [4.78, 5) is 14.0. The molecule has 2 rings (SSSR count). The van der Waals surface area contributed by atoms with Crippen molar-refractivity contribution in [3.05, 3.63) is 11.6 Å². The highest BCUT2D eigenvalue weighted by Gasteiger charge is 2.28. The smallest absolute Gasteiger partial charge is 0.246 e. The number of morpholine rings is 1. The number of amides is 1. The van der Waals surface area contributed by atoms with E-state index in [9.17, 15) is 4.79 Å². The Labute approximate surface area is 97.5 Å². The molecule has 2 aliphatic rings. The molecule has 1 aliphatic heterocycles. The van der Waals surface area contributed by atoms with Gasteiger partial charge in [0.15, 0.2) is 0 Å². The van der Waals surface area contributed by atoms with E-state index >= 15 is 0 Å². The maximum Gasteiger partial charge on any atom is 0.246 e. The van der Waals surface area contributed by atoms with Crippen molar-refractivity contribution < 1.29 is 9.53 Å². The fourth-order valence-corrected chi connectivity index (χ4v) is 2.14. The molecular formula is C13H21NO2. The first-order valence-electron chi connectivity index (χ1n) is 6.18. The first-order chi connectivity index (χ1) is 7.58. The van der Waals surface area contributed by atoms with Gasteiger partial charge in [0.2, 0.25) is 5.91 Å². The molecule has 0 spiro atoms. The second kappa shape index (κ2) is 4.58. The number of hydrogen-bond donors (Lipinski definition) is 0. The molecule has 16 heavy (non-hydrogen) atoms. The van der Waals surface area contributed by atoms with Gasteiger partial charge in [-0.15, -0.1) is 0 Å². The van der Waals surface area contributed by atoms with E-state index in [-0.39, 0.29) is 18.1 Å². The highest BCUT2D eigenvalue weighted by atomic mass is 16.5. The van der Waals surface area contributed by atoms with Gasteiger partial charge < -0.3 is 9.64 Å². The van der Waals surface area contributed by atoms with E-state index in [1.54, 1.807) is 0 Å². The van der Waals surface area contributed by atoms with Gasteiger partial charge in [-0.3, -0.25) is 4.79 Å². The zero-order valence-electron chi connectivity index (χ0n) is 10.4. The monoisotopic (exact) mass is 223 g/mol. The largest absolute Gasteiger partial charge is 0.375 e. The number of carbonyl (C=O) groups is 1. The lowest BCUT2D eigenvalue weighted by atomic mass is 10.1. The van der Waals surface area contributed by atoms with E-state index in [4.69, 9.17) is 4.74 Å².